The van der Waals surface area contributed by atoms with Gasteiger partial charge in [0.25, 0.3) is 0 Å². The van der Waals surface area contributed by atoms with Crippen molar-refractivity contribution in [2.45, 2.75) is 40.7 Å². The normalized spacial score (nSPS) is 13.8. The van der Waals surface area contributed by atoms with Gasteiger partial charge in [-0.25, -0.2) is 9.97 Å². The van der Waals surface area contributed by atoms with Crippen molar-refractivity contribution in [2.75, 3.05) is 5.32 Å². The minimum Gasteiger partial charge on any atom is -0.367 e. The molecule has 0 fully saturated rings. The van der Waals surface area contributed by atoms with E-state index in [1.54, 1.807) is 6.20 Å². The predicted octanol–water partition coefficient (Wildman–Crippen LogP) is 2.63. The molecule has 3 nitrogen and oxygen atoms in total. The van der Waals surface area contributed by atoms with Gasteiger partial charge in [0.05, 0.1) is 0 Å². The molecule has 0 radical (unpaired) electrons. The Kier molecular flexibility index (Phi) is 3.09. The molecule has 1 heterocycles. The van der Waals surface area contributed by atoms with Crippen molar-refractivity contribution in [1.82, 2.24) is 9.97 Å². The number of hydrogen-bond donors (Lipinski definition) is 1. The van der Waals surface area contributed by atoms with Crippen LogP contribution in [0.5, 0.6) is 0 Å². The molecule has 0 saturated carbocycles. The second-order valence-electron chi connectivity index (χ2n) is 4.72. The SMILES string of the molecule is Cc1nccc(NC(C)C(C)(C)C)n1. The summed E-state index contributed by atoms with van der Waals surface area (Å²) in [5, 5.41) is 3.37. The highest BCUT2D eigenvalue weighted by atomic mass is 15.0. The van der Waals surface area contributed by atoms with Crippen LogP contribution in [-0.4, -0.2) is 16.0 Å². The largest absolute Gasteiger partial charge is 0.367 e. The zero-order valence-electron chi connectivity index (χ0n) is 9.63. The van der Waals surface area contributed by atoms with E-state index in [4.69, 9.17) is 0 Å². The van der Waals surface area contributed by atoms with E-state index in [1.165, 1.54) is 0 Å². The highest BCUT2D eigenvalue weighted by Gasteiger charge is 2.19. The molecule has 0 aromatic carbocycles. The molecule has 1 atom stereocenters. The summed E-state index contributed by atoms with van der Waals surface area (Å²) in [4.78, 5) is 8.36. The van der Waals surface area contributed by atoms with Crippen molar-refractivity contribution in [3.05, 3.63) is 18.1 Å². The lowest BCUT2D eigenvalue weighted by molar-refractivity contribution is 0.358. The van der Waals surface area contributed by atoms with Crippen LogP contribution in [0, 0.1) is 12.3 Å². The lowest BCUT2D eigenvalue weighted by Gasteiger charge is -2.28. The van der Waals surface area contributed by atoms with E-state index in [0.717, 1.165) is 11.6 Å². The number of anilines is 1. The average molecular weight is 193 g/mol. The van der Waals surface area contributed by atoms with Gasteiger partial charge in [-0.1, -0.05) is 20.8 Å². The third kappa shape index (κ3) is 2.98. The van der Waals surface area contributed by atoms with Crippen LogP contribution in [0.4, 0.5) is 5.82 Å². The van der Waals surface area contributed by atoms with Crippen molar-refractivity contribution >= 4 is 5.82 Å². The van der Waals surface area contributed by atoms with E-state index in [9.17, 15) is 0 Å². The number of aryl methyl sites for hydroxylation is 1. The van der Waals surface area contributed by atoms with Crippen LogP contribution in [0.1, 0.15) is 33.5 Å². The maximum Gasteiger partial charge on any atom is 0.129 e. The van der Waals surface area contributed by atoms with Crippen LogP contribution in [0.25, 0.3) is 0 Å². The fourth-order valence-electron chi connectivity index (χ4n) is 0.975. The lowest BCUT2D eigenvalue weighted by Crippen LogP contribution is -2.31. The van der Waals surface area contributed by atoms with Gasteiger partial charge >= 0.3 is 0 Å². The first kappa shape index (κ1) is 11.0. The van der Waals surface area contributed by atoms with Crippen LogP contribution in [0.3, 0.4) is 0 Å². The third-order valence-corrected chi connectivity index (χ3v) is 2.44. The predicted molar refractivity (Wildman–Crippen MR) is 59.3 cm³/mol. The first-order valence-electron chi connectivity index (χ1n) is 4.96. The van der Waals surface area contributed by atoms with Gasteiger partial charge in [0.15, 0.2) is 0 Å². The van der Waals surface area contributed by atoms with Crippen molar-refractivity contribution in [2.24, 2.45) is 5.41 Å². The average Bonchev–Trinajstić information content (AvgIpc) is 2.02. The number of nitrogens with zero attached hydrogens (tertiary/aromatic N) is 2. The zero-order valence-corrected chi connectivity index (χ0v) is 9.63. The van der Waals surface area contributed by atoms with Crippen LogP contribution >= 0.6 is 0 Å². The summed E-state index contributed by atoms with van der Waals surface area (Å²) in [6, 6.07) is 2.28. The Hall–Kier alpha value is -1.12. The summed E-state index contributed by atoms with van der Waals surface area (Å²) in [6.07, 6.45) is 1.78. The molecule has 0 saturated heterocycles. The third-order valence-electron chi connectivity index (χ3n) is 2.44. The first-order chi connectivity index (χ1) is 6.39. The molecule has 0 aliphatic carbocycles. The summed E-state index contributed by atoms with van der Waals surface area (Å²) in [6.45, 7) is 10.7. The van der Waals surface area contributed by atoms with Crippen LogP contribution < -0.4 is 5.32 Å². The van der Waals surface area contributed by atoms with Crippen LogP contribution in [0.15, 0.2) is 12.3 Å². The van der Waals surface area contributed by atoms with E-state index in [2.05, 4.69) is 43.0 Å². The Labute approximate surface area is 86.0 Å². The maximum absolute atomic E-state index is 4.30. The van der Waals surface area contributed by atoms with Gasteiger partial charge in [-0.05, 0) is 25.3 Å². The molecule has 78 valence electrons. The first-order valence-corrected chi connectivity index (χ1v) is 4.96. The Morgan fingerprint density at radius 2 is 2.00 bits per heavy atom. The van der Waals surface area contributed by atoms with Gasteiger partial charge < -0.3 is 5.32 Å². The van der Waals surface area contributed by atoms with Gasteiger partial charge in [0.2, 0.25) is 0 Å². The fraction of sp³-hybridized carbons (Fsp3) is 0.636. The monoisotopic (exact) mass is 193 g/mol. The van der Waals surface area contributed by atoms with Gasteiger partial charge in [0.1, 0.15) is 11.6 Å². The Balaban J connectivity index is 2.70. The Morgan fingerprint density at radius 3 is 2.50 bits per heavy atom. The van der Waals surface area contributed by atoms with E-state index in [-0.39, 0.29) is 5.41 Å². The van der Waals surface area contributed by atoms with Crippen molar-refractivity contribution in [1.29, 1.82) is 0 Å². The van der Waals surface area contributed by atoms with E-state index in [1.807, 2.05) is 13.0 Å². The minimum absolute atomic E-state index is 0.235. The van der Waals surface area contributed by atoms with Crippen molar-refractivity contribution in [3.8, 4) is 0 Å². The molecule has 0 spiro atoms. The number of aromatic nitrogens is 2. The van der Waals surface area contributed by atoms with Crippen molar-refractivity contribution < 1.29 is 0 Å². The summed E-state index contributed by atoms with van der Waals surface area (Å²) < 4.78 is 0. The smallest absolute Gasteiger partial charge is 0.129 e. The fourth-order valence-corrected chi connectivity index (χ4v) is 0.975. The van der Waals surface area contributed by atoms with E-state index >= 15 is 0 Å². The standard InChI is InChI=1S/C11H19N3/c1-8(11(3,4)5)13-10-6-7-12-9(2)14-10/h6-8H,1-5H3,(H,12,13,14). The second kappa shape index (κ2) is 3.95. The van der Waals surface area contributed by atoms with E-state index < -0.39 is 0 Å². The molecule has 1 N–H and O–H groups in total. The summed E-state index contributed by atoms with van der Waals surface area (Å²) in [7, 11) is 0. The molecule has 1 aromatic heterocycles. The molecule has 3 heteroatoms. The highest BCUT2D eigenvalue weighted by molar-refractivity contribution is 5.34. The zero-order chi connectivity index (χ0) is 10.8. The molecule has 1 unspecified atom stereocenters. The van der Waals surface area contributed by atoms with Gasteiger partial charge in [0, 0.05) is 12.2 Å². The number of nitrogens with one attached hydrogen (secondary N) is 1. The molecular formula is C11H19N3. The molecule has 0 amide bonds. The van der Waals surface area contributed by atoms with Crippen molar-refractivity contribution in [3.63, 3.8) is 0 Å². The highest BCUT2D eigenvalue weighted by Crippen LogP contribution is 2.21. The molecule has 1 rings (SSSR count). The molecule has 1 aromatic rings. The van der Waals surface area contributed by atoms with Gasteiger partial charge in [-0.15, -0.1) is 0 Å². The Morgan fingerprint density at radius 1 is 1.36 bits per heavy atom. The topological polar surface area (TPSA) is 37.8 Å². The van der Waals surface area contributed by atoms with E-state index in [0.29, 0.717) is 6.04 Å². The molecule has 14 heavy (non-hydrogen) atoms. The minimum atomic E-state index is 0.235. The van der Waals surface area contributed by atoms with Crippen LogP contribution in [0.2, 0.25) is 0 Å². The molecular weight excluding hydrogens is 174 g/mol. The van der Waals surface area contributed by atoms with Gasteiger partial charge in [-0.3, -0.25) is 0 Å². The molecule has 0 aliphatic rings. The second-order valence-corrected chi connectivity index (χ2v) is 4.72. The lowest BCUT2D eigenvalue weighted by atomic mass is 9.88. The summed E-state index contributed by atoms with van der Waals surface area (Å²) >= 11 is 0. The number of rotatable bonds is 2. The summed E-state index contributed by atoms with van der Waals surface area (Å²) in [5.41, 5.74) is 0.235. The maximum atomic E-state index is 4.30. The van der Waals surface area contributed by atoms with Crippen LogP contribution in [-0.2, 0) is 0 Å². The molecule has 0 bridgehead atoms. The quantitative estimate of drug-likeness (QED) is 0.784. The Bertz CT molecular complexity index is 302. The molecule has 0 aliphatic heterocycles. The number of hydrogen-bond acceptors (Lipinski definition) is 3. The van der Waals surface area contributed by atoms with Gasteiger partial charge in [-0.2, -0.15) is 0 Å². The summed E-state index contributed by atoms with van der Waals surface area (Å²) in [5.74, 6) is 1.70.